The molecule has 0 aliphatic carbocycles. The Labute approximate surface area is 94.3 Å². The second-order valence-corrected chi connectivity index (χ2v) is 3.58. The van der Waals surface area contributed by atoms with Crippen molar-refractivity contribution in [2.75, 3.05) is 12.4 Å². The Hall–Kier alpha value is -1.78. The standard InChI is InChI=1S/C11H16FN3O/c1-7(2)14-11(13)15-10-6-8(16-3)4-5-9(10)12/h4-7H,1-3H3,(H3,13,14,15). The second-order valence-electron chi connectivity index (χ2n) is 3.58. The number of methoxy groups -OCH3 is 1. The molecule has 0 fully saturated rings. The van der Waals surface area contributed by atoms with Crippen LogP contribution in [-0.4, -0.2) is 19.1 Å². The SMILES string of the molecule is COc1ccc(F)c(NC(N)=NC(C)C)c1. The molecule has 0 aromatic heterocycles. The van der Waals surface area contributed by atoms with Crippen LogP contribution in [0.1, 0.15) is 13.8 Å². The van der Waals surface area contributed by atoms with E-state index in [4.69, 9.17) is 10.5 Å². The van der Waals surface area contributed by atoms with Gasteiger partial charge < -0.3 is 15.8 Å². The fourth-order valence-corrected chi connectivity index (χ4v) is 1.18. The highest BCUT2D eigenvalue weighted by atomic mass is 19.1. The summed E-state index contributed by atoms with van der Waals surface area (Å²) < 4.78 is 18.4. The molecule has 0 bridgehead atoms. The quantitative estimate of drug-likeness (QED) is 0.610. The number of hydrogen-bond donors (Lipinski definition) is 2. The number of nitrogens with two attached hydrogens (primary N) is 1. The lowest BCUT2D eigenvalue weighted by Crippen LogP contribution is -2.24. The lowest BCUT2D eigenvalue weighted by molar-refractivity contribution is 0.414. The fraction of sp³-hybridized carbons (Fsp3) is 0.364. The molecule has 0 aliphatic heterocycles. The number of ether oxygens (including phenoxy) is 1. The van der Waals surface area contributed by atoms with Gasteiger partial charge in [-0.3, -0.25) is 4.99 Å². The first-order chi connectivity index (χ1) is 7.52. The third kappa shape index (κ3) is 3.42. The van der Waals surface area contributed by atoms with Crippen molar-refractivity contribution in [2.24, 2.45) is 10.7 Å². The number of halogens is 1. The molecule has 0 radical (unpaired) electrons. The molecule has 0 atom stereocenters. The number of guanidine groups is 1. The molecule has 16 heavy (non-hydrogen) atoms. The van der Waals surface area contributed by atoms with Crippen LogP contribution in [0.2, 0.25) is 0 Å². The van der Waals surface area contributed by atoms with Gasteiger partial charge in [-0.15, -0.1) is 0 Å². The first kappa shape index (κ1) is 12.3. The molecule has 1 aromatic carbocycles. The number of aliphatic imine (C=N–C) groups is 1. The first-order valence-electron chi connectivity index (χ1n) is 4.96. The van der Waals surface area contributed by atoms with Gasteiger partial charge in [-0.25, -0.2) is 4.39 Å². The monoisotopic (exact) mass is 225 g/mol. The highest BCUT2D eigenvalue weighted by Crippen LogP contribution is 2.20. The summed E-state index contributed by atoms with van der Waals surface area (Å²) in [5.74, 6) is 0.339. The van der Waals surface area contributed by atoms with Gasteiger partial charge in [-0.05, 0) is 26.0 Å². The van der Waals surface area contributed by atoms with Crippen molar-refractivity contribution < 1.29 is 9.13 Å². The predicted molar refractivity (Wildman–Crippen MR) is 63.3 cm³/mol. The maximum Gasteiger partial charge on any atom is 0.193 e. The largest absolute Gasteiger partial charge is 0.497 e. The molecule has 88 valence electrons. The minimum absolute atomic E-state index is 0.0566. The summed E-state index contributed by atoms with van der Waals surface area (Å²) in [4.78, 5) is 4.05. The van der Waals surface area contributed by atoms with Crippen LogP contribution in [0.5, 0.6) is 5.75 Å². The van der Waals surface area contributed by atoms with Gasteiger partial charge in [0, 0.05) is 12.1 Å². The van der Waals surface area contributed by atoms with Crippen LogP contribution in [0, 0.1) is 5.82 Å². The van der Waals surface area contributed by atoms with Gasteiger partial charge in [0.2, 0.25) is 0 Å². The van der Waals surface area contributed by atoms with Crippen molar-refractivity contribution in [2.45, 2.75) is 19.9 Å². The number of anilines is 1. The van der Waals surface area contributed by atoms with E-state index in [1.807, 2.05) is 13.8 Å². The van der Waals surface area contributed by atoms with E-state index >= 15 is 0 Å². The van der Waals surface area contributed by atoms with E-state index in [0.29, 0.717) is 5.75 Å². The highest BCUT2D eigenvalue weighted by Gasteiger charge is 2.05. The zero-order valence-corrected chi connectivity index (χ0v) is 9.62. The van der Waals surface area contributed by atoms with Gasteiger partial charge in [0.25, 0.3) is 0 Å². The van der Waals surface area contributed by atoms with Gasteiger partial charge in [0.05, 0.1) is 12.8 Å². The van der Waals surface area contributed by atoms with Gasteiger partial charge in [-0.2, -0.15) is 0 Å². The van der Waals surface area contributed by atoms with Crippen LogP contribution >= 0.6 is 0 Å². The van der Waals surface area contributed by atoms with Crippen molar-refractivity contribution in [3.63, 3.8) is 0 Å². The minimum Gasteiger partial charge on any atom is -0.497 e. The van der Waals surface area contributed by atoms with Crippen LogP contribution in [-0.2, 0) is 0 Å². The summed E-state index contributed by atoms with van der Waals surface area (Å²) >= 11 is 0. The number of rotatable bonds is 3. The predicted octanol–water partition coefficient (Wildman–Crippen LogP) is 1.97. The maximum atomic E-state index is 13.4. The molecule has 0 spiro atoms. The van der Waals surface area contributed by atoms with Crippen LogP contribution < -0.4 is 15.8 Å². The molecule has 5 heteroatoms. The summed E-state index contributed by atoms with van der Waals surface area (Å²) in [7, 11) is 1.52. The number of nitrogens with zero attached hydrogens (tertiary/aromatic N) is 1. The third-order valence-electron chi connectivity index (χ3n) is 1.83. The summed E-state index contributed by atoms with van der Waals surface area (Å²) in [6, 6.07) is 4.43. The van der Waals surface area contributed by atoms with Crippen LogP contribution in [0.3, 0.4) is 0 Å². The Morgan fingerprint density at radius 2 is 2.19 bits per heavy atom. The van der Waals surface area contributed by atoms with E-state index < -0.39 is 5.82 Å². The van der Waals surface area contributed by atoms with E-state index in [1.54, 1.807) is 0 Å². The zero-order chi connectivity index (χ0) is 12.1. The van der Waals surface area contributed by atoms with Gasteiger partial charge in [-0.1, -0.05) is 0 Å². The normalized spacial score (nSPS) is 11.7. The Morgan fingerprint density at radius 3 is 2.75 bits per heavy atom. The third-order valence-corrected chi connectivity index (χ3v) is 1.83. The molecule has 1 aromatic rings. The number of hydrogen-bond acceptors (Lipinski definition) is 2. The molecule has 3 N–H and O–H groups in total. The van der Waals surface area contributed by atoms with Gasteiger partial charge in [0.1, 0.15) is 11.6 Å². The average molecular weight is 225 g/mol. The summed E-state index contributed by atoms with van der Waals surface area (Å²) in [6.07, 6.45) is 0. The topological polar surface area (TPSA) is 59.6 Å². The fourth-order valence-electron chi connectivity index (χ4n) is 1.18. The minimum atomic E-state index is -0.400. The van der Waals surface area contributed by atoms with Crippen LogP contribution in [0.15, 0.2) is 23.2 Å². The van der Waals surface area contributed by atoms with Gasteiger partial charge in [0.15, 0.2) is 5.96 Å². The number of benzene rings is 1. The Balaban J connectivity index is 2.87. The average Bonchev–Trinajstić information content (AvgIpc) is 2.20. The van der Waals surface area contributed by atoms with E-state index in [-0.39, 0.29) is 17.7 Å². The van der Waals surface area contributed by atoms with Gasteiger partial charge >= 0.3 is 0 Å². The molecule has 0 aliphatic rings. The van der Waals surface area contributed by atoms with Crippen molar-refractivity contribution in [3.8, 4) is 5.75 Å². The smallest absolute Gasteiger partial charge is 0.193 e. The molecule has 0 saturated carbocycles. The van der Waals surface area contributed by atoms with Crippen LogP contribution in [0.4, 0.5) is 10.1 Å². The lowest BCUT2D eigenvalue weighted by Gasteiger charge is -2.09. The van der Waals surface area contributed by atoms with Crippen molar-refractivity contribution >= 4 is 11.6 Å². The van der Waals surface area contributed by atoms with Crippen molar-refractivity contribution in [3.05, 3.63) is 24.0 Å². The van der Waals surface area contributed by atoms with Crippen molar-refractivity contribution in [1.82, 2.24) is 0 Å². The summed E-state index contributed by atoms with van der Waals surface area (Å²) in [5, 5.41) is 2.69. The summed E-state index contributed by atoms with van der Waals surface area (Å²) in [5.41, 5.74) is 5.85. The molecular formula is C11H16FN3O. The Kier molecular flexibility index (Phi) is 4.10. The second kappa shape index (κ2) is 5.34. The number of nitrogens with one attached hydrogen (secondary N) is 1. The first-order valence-corrected chi connectivity index (χ1v) is 4.96. The molecule has 0 amide bonds. The Bertz CT molecular complexity index is 391. The lowest BCUT2D eigenvalue weighted by atomic mass is 10.3. The Morgan fingerprint density at radius 1 is 1.50 bits per heavy atom. The van der Waals surface area contributed by atoms with E-state index in [1.165, 1.54) is 25.3 Å². The molecule has 0 heterocycles. The van der Waals surface area contributed by atoms with Crippen molar-refractivity contribution in [1.29, 1.82) is 0 Å². The molecule has 1 rings (SSSR count). The van der Waals surface area contributed by atoms with E-state index in [2.05, 4.69) is 10.3 Å². The summed E-state index contributed by atoms with van der Waals surface area (Å²) in [6.45, 7) is 3.77. The highest BCUT2D eigenvalue weighted by molar-refractivity contribution is 5.92. The molecular weight excluding hydrogens is 209 g/mol. The van der Waals surface area contributed by atoms with E-state index in [0.717, 1.165) is 0 Å². The molecule has 0 unspecified atom stereocenters. The van der Waals surface area contributed by atoms with E-state index in [9.17, 15) is 4.39 Å². The molecule has 4 nitrogen and oxygen atoms in total. The zero-order valence-electron chi connectivity index (χ0n) is 9.62. The maximum absolute atomic E-state index is 13.4. The van der Waals surface area contributed by atoms with Crippen LogP contribution in [0.25, 0.3) is 0 Å². The molecule has 0 saturated heterocycles.